The first-order valence-corrected chi connectivity index (χ1v) is 10.3. The third kappa shape index (κ3) is 6.49. The van der Waals surface area contributed by atoms with E-state index in [1.54, 1.807) is 18.2 Å². The van der Waals surface area contributed by atoms with Crippen molar-refractivity contribution in [2.24, 2.45) is 11.3 Å². The van der Waals surface area contributed by atoms with E-state index in [1.165, 1.54) is 6.07 Å². The van der Waals surface area contributed by atoms with Crippen molar-refractivity contribution >= 4 is 33.2 Å². The number of sulfonamides is 1. The summed E-state index contributed by atoms with van der Waals surface area (Å²) in [6.07, 6.45) is 0.444. The number of carbonyl (C=O) groups excluding carboxylic acids is 1. The number of hydrogen-bond donors (Lipinski definition) is 2. The van der Waals surface area contributed by atoms with Gasteiger partial charge in [0.15, 0.2) is 0 Å². The van der Waals surface area contributed by atoms with Crippen LogP contribution in [-0.4, -0.2) is 44.9 Å². The Morgan fingerprint density at radius 1 is 1.36 bits per heavy atom. The molecule has 0 aliphatic rings. The van der Waals surface area contributed by atoms with E-state index in [0.29, 0.717) is 10.7 Å². The van der Waals surface area contributed by atoms with E-state index in [4.69, 9.17) is 11.6 Å². The molecular weight excluding hydrogens is 364 g/mol. The van der Waals surface area contributed by atoms with Crippen molar-refractivity contribution in [3.05, 3.63) is 29.3 Å². The number of carbonyl (C=O) groups is 1. The van der Waals surface area contributed by atoms with Crippen LogP contribution >= 0.6 is 11.6 Å². The molecule has 142 valence electrons. The molecule has 0 saturated heterocycles. The summed E-state index contributed by atoms with van der Waals surface area (Å²) in [5.41, 5.74) is -0.206. The number of nitrogens with zero attached hydrogens (tertiary/aromatic N) is 1. The summed E-state index contributed by atoms with van der Waals surface area (Å²) in [5, 5.41) is 13.3. The van der Waals surface area contributed by atoms with E-state index in [9.17, 15) is 18.3 Å². The average Bonchev–Trinajstić information content (AvgIpc) is 2.48. The van der Waals surface area contributed by atoms with Crippen LogP contribution in [-0.2, 0) is 14.8 Å². The van der Waals surface area contributed by atoms with Crippen LogP contribution in [0.4, 0.5) is 5.69 Å². The molecule has 0 aliphatic carbocycles. The van der Waals surface area contributed by atoms with Gasteiger partial charge in [0, 0.05) is 17.0 Å². The fraction of sp³-hybridized carbons (Fsp3) is 0.588. The van der Waals surface area contributed by atoms with Crippen molar-refractivity contribution in [1.82, 2.24) is 5.32 Å². The molecule has 1 amide bonds. The topological polar surface area (TPSA) is 86.7 Å². The molecule has 1 atom stereocenters. The number of nitrogens with one attached hydrogen (secondary N) is 1. The molecule has 0 radical (unpaired) electrons. The first-order valence-electron chi connectivity index (χ1n) is 8.02. The predicted octanol–water partition coefficient (Wildman–Crippen LogP) is 2.27. The van der Waals surface area contributed by atoms with Gasteiger partial charge in [0.2, 0.25) is 15.9 Å². The molecule has 0 spiro atoms. The highest BCUT2D eigenvalue weighted by atomic mass is 35.5. The minimum absolute atomic E-state index is 0.0471. The molecule has 1 aromatic carbocycles. The first-order chi connectivity index (χ1) is 11.3. The molecule has 25 heavy (non-hydrogen) atoms. The highest BCUT2D eigenvalue weighted by Crippen LogP contribution is 2.25. The van der Waals surface area contributed by atoms with Crippen molar-refractivity contribution in [3.63, 3.8) is 0 Å². The van der Waals surface area contributed by atoms with E-state index >= 15 is 0 Å². The van der Waals surface area contributed by atoms with Gasteiger partial charge in [-0.2, -0.15) is 0 Å². The molecule has 8 heteroatoms. The number of anilines is 1. The third-order valence-electron chi connectivity index (χ3n) is 3.96. The van der Waals surface area contributed by atoms with E-state index in [0.717, 1.165) is 10.6 Å². The number of rotatable bonds is 8. The van der Waals surface area contributed by atoms with Crippen LogP contribution in [0.5, 0.6) is 0 Å². The Labute approximate surface area is 155 Å². The van der Waals surface area contributed by atoms with Gasteiger partial charge >= 0.3 is 0 Å². The lowest BCUT2D eigenvalue weighted by Gasteiger charge is -2.33. The second kappa shape index (κ2) is 8.38. The Hall–Kier alpha value is -1.31. The van der Waals surface area contributed by atoms with Gasteiger partial charge in [-0.3, -0.25) is 9.10 Å². The van der Waals surface area contributed by atoms with Gasteiger partial charge in [-0.15, -0.1) is 0 Å². The van der Waals surface area contributed by atoms with Gasteiger partial charge in [0.05, 0.1) is 18.0 Å². The lowest BCUT2D eigenvalue weighted by atomic mass is 9.81. The zero-order chi connectivity index (χ0) is 19.4. The lowest BCUT2D eigenvalue weighted by molar-refractivity contribution is -0.120. The van der Waals surface area contributed by atoms with Gasteiger partial charge in [-0.1, -0.05) is 45.4 Å². The molecule has 0 aliphatic heterocycles. The fourth-order valence-corrected chi connectivity index (χ4v) is 3.58. The molecule has 1 aromatic rings. The van der Waals surface area contributed by atoms with Crippen molar-refractivity contribution in [2.75, 3.05) is 23.7 Å². The SMILES string of the molecule is CC(C)[C@H](O)C(C)(C)CNC(=O)CN(c1cccc(Cl)c1)S(C)(=O)=O. The Bertz CT molecular complexity index is 704. The maximum Gasteiger partial charge on any atom is 0.240 e. The Kier molecular flexibility index (Phi) is 7.28. The zero-order valence-electron chi connectivity index (χ0n) is 15.3. The van der Waals surface area contributed by atoms with Crippen LogP contribution in [0.15, 0.2) is 24.3 Å². The molecule has 1 rings (SSSR count). The van der Waals surface area contributed by atoms with E-state index < -0.39 is 27.4 Å². The van der Waals surface area contributed by atoms with Gasteiger partial charge < -0.3 is 10.4 Å². The monoisotopic (exact) mass is 390 g/mol. The quantitative estimate of drug-likeness (QED) is 0.712. The lowest BCUT2D eigenvalue weighted by Crippen LogP contribution is -2.47. The smallest absolute Gasteiger partial charge is 0.240 e. The van der Waals surface area contributed by atoms with Gasteiger partial charge in [0.1, 0.15) is 6.54 Å². The van der Waals surface area contributed by atoms with Crippen LogP contribution in [0, 0.1) is 11.3 Å². The Morgan fingerprint density at radius 2 is 1.96 bits per heavy atom. The standard InChI is InChI=1S/C17H27ClN2O4S/c1-12(2)16(22)17(3,4)11-19-15(21)10-20(25(5,23)24)14-8-6-7-13(18)9-14/h6-9,12,16,22H,10-11H2,1-5H3,(H,19,21)/t16-/m0/s1. The zero-order valence-corrected chi connectivity index (χ0v) is 16.9. The van der Waals surface area contributed by atoms with E-state index in [-0.39, 0.29) is 19.0 Å². The highest BCUT2D eigenvalue weighted by molar-refractivity contribution is 7.92. The van der Waals surface area contributed by atoms with E-state index in [2.05, 4.69) is 5.32 Å². The van der Waals surface area contributed by atoms with Crippen LogP contribution in [0.2, 0.25) is 5.02 Å². The van der Waals surface area contributed by atoms with Gasteiger partial charge in [-0.25, -0.2) is 8.42 Å². The van der Waals surface area contributed by atoms with Crippen molar-refractivity contribution in [1.29, 1.82) is 0 Å². The molecule has 2 N–H and O–H groups in total. The molecule has 0 saturated carbocycles. The maximum absolute atomic E-state index is 12.3. The number of halogens is 1. The summed E-state index contributed by atoms with van der Waals surface area (Å²) in [5.74, 6) is -0.402. The minimum Gasteiger partial charge on any atom is -0.392 e. The summed E-state index contributed by atoms with van der Waals surface area (Å²) in [7, 11) is -3.65. The second-order valence-corrected chi connectivity index (χ2v) is 9.55. The second-order valence-electron chi connectivity index (χ2n) is 7.20. The van der Waals surface area contributed by atoms with Gasteiger partial charge in [-0.05, 0) is 24.1 Å². The number of hydrogen-bond acceptors (Lipinski definition) is 4. The minimum atomic E-state index is -3.65. The summed E-state index contributed by atoms with van der Waals surface area (Å²) in [6, 6.07) is 6.31. The largest absolute Gasteiger partial charge is 0.392 e. The first kappa shape index (κ1) is 21.7. The summed E-state index contributed by atoms with van der Waals surface area (Å²) in [4.78, 5) is 12.3. The van der Waals surface area contributed by atoms with Gasteiger partial charge in [0.25, 0.3) is 0 Å². The van der Waals surface area contributed by atoms with Crippen molar-refractivity contribution in [2.45, 2.75) is 33.8 Å². The van der Waals surface area contributed by atoms with E-state index in [1.807, 2.05) is 27.7 Å². The average molecular weight is 391 g/mol. The third-order valence-corrected chi connectivity index (χ3v) is 5.33. The maximum atomic E-state index is 12.3. The molecular formula is C17H27ClN2O4S. The Morgan fingerprint density at radius 3 is 2.44 bits per heavy atom. The molecule has 0 heterocycles. The van der Waals surface area contributed by atoms with Crippen molar-refractivity contribution in [3.8, 4) is 0 Å². The number of aliphatic hydroxyl groups is 1. The summed E-state index contributed by atoms with van der Waals surface area (Å²) >= 11 is 5.91. The molecule has 6 nitrogen and oxygen atoms in total. The van der Waals surface area contributed by atoms with Crippen LogP contribution in [0.3, 0.4) is 0 Å². The van der Waals surface area contributed by atoms with Crippen LogP contribution in [0.25, 0.3) is 0 Å². The molecule has 0 bridgehead atoms. The molecule has 0 fully saturated rings. The fourth-order valence-electron chi connectivity index (χ4n) is 2.55. The number of amides is 1. The molecule has 0 unspecified atom stereocenters. The number of aliphatic hydroxyl groups excluding tert-OH is 1. The van der Waals surface area contributed by atoms with Crippen LogP contribution in [0.1, 0.15) is 27.7 Å². The Balaban J connectivity index is 2.84. The summed E-state index contributed by atoms with van der Waals surface area (Å²) in [6.45, 7) is 7.38. The highest BCUT2D eigenvalue weighted by Gasteiger charge is 2.31. The summed E-state index contributed by atoms with van der Waals surface area (Å²) < 4.78 is 25.1. The van der Waals surface area contributed by atoms with Crippen molar-refractivity contribution < 1.29 is 18.3 Å². The van der Waals surface area contributed by atoms with Crippen LogP contribution < -0.4 is 9.62 Å². The predicted molar refractivity (Wildman–Crippen MR) is 101 cm³/mol. The molecule has 0 aromatic heterocycles. The number of benzene rings is 1. The normalized spacial score (nSPS) is 13.6.